The highest BCUT2D eigenvalue weighted by atomic mass is 32.2. The topological polar surface area (TPSA) is 66.5 Å². The van der Waals surface area contributed by atoms with E-state index in [0.29, 0.717) is 12.2 Å². The largest absolute Gasteiger partial charge is 0.354 e. The molecule has 1 N–H and O–H groups in total. The number of sulfonamides is 1. The molecule has 0 saturated heterocycles. The first-order chi connectivity index (χ1) is 9.90. The molecule has 5 nitrogen and oxygen atoms in total. The zero-order chi connectivity index (χ0) is 15.9. The summed E-state index contributed by atoms with van der Waals surface area (Å²) in [6.07, 6.45) is 2.75. The second-order valence-corrected chi connectivity index (χ2v) is 6.88. The zero-order valence-corrected chi connectivity index (χ0v) is 13.7. The van der Waals surface area contributed by atoms with Crippen LogP contribution >= 0.6 is 0 Å². The third-order valence-corrected chi connectivity index (χ3v) is 4.61. The minimum atomic E-state index is -3.37. The van der Waals surface area contributed by atoms with Gasteiger partial charge in [0.1, 0.15) is 0 Å². The zero-order valence-electron chi connectivity index (χ0n) is 12.9. The van der Waals surface area contributed by atoms with Crippen molar-refractivity contribution >= 4 is 21.6 Å². The molecular weight excluding hydrogens is 288 g/mol. The Hall–Kier alpha value is -1.56. The van der Waals surface area contributed by atoms with Gasteiger partial charge in [-0.1, -0.05) is 32.0 Å². The fraction of sp³-hybridized carbons (Fsp3) is 0.533. The van der Waals surface area contributed by atoms with Crippen molar-refractivity contribution in [2.24, 2.45) is 5.92 Å². The van der Waals surface area contributed by atoms with E-state index in [-0.39, 0.29) is 18.4 Å². The Labute approximate surface area is 127 Å². The summed E-state index contributed by atoms with van der Waals surface area (Å²) in [5, 5.41) is 2.81. The van der Waals surface area contributed by atoms with Crippen LogP contribution in [0.4, 0.5) is 5.69 Å². The molecule has 0 bridgehead atoms. The van der Waals surface area contributed by atoms with Gasteiger partial charge in [0.25, 0.3) is 0 Å². The van der Waals surface area contributed by atoms with E-state index in [1.54, 1.807) is 24.3 Å². The normalized spacial score (nSPS) is 11.4. The molecule has 6 heteroatoms. The second-order valence-electron chi connectivity index (χ2n) is 4.98. The molecular formula is C15H24N2O3S. The van der Waals surface area contributed by atoms with Crippen LogP contribution in [-0.2, 0) is 14.8 Å². The van der Waals surface area contributed by atoms with Crippen LogP contribution in [0.3, 0.4) is 0 Å². The van der Waals surface area contributed by atoms with Crippen molar-refractivity contribution in [1.29, 1.82) is 0 Å². The number of rotatable bonds is 8. The van der Waals surface area contributed by atoms with Crippen molar-refractivity contribution in [3.05, 3.63) is 30.3 Å². The summed E-state index contributed by atoms with van der Waals surface area (Å²) in [5.41, 5.74) is 0.608. The Balaban J connectivity index is 2.67. The summed E-state index contributed by atoms with van der Waals surface area (Å²) in [7, 11) is -3.37. The maximum atomic E-state index is 11.9. The van der Waals surface area contributed by atoms with Crippen molar-refractivity contribution in [3.8, 4) is 0 Å². The molecule has 0 saturated carbocycles. The third kappa shape index (κ3) is 5.38. The van der Waals surface area contributed by atoms with Gasteiger partial charge in [0.15, 0.2) is 0 Å². The quantitative estimate of drug-likeness (QED) is 0.798. The predicted molar refractivity (Wildman–Crippen MR) is 85.7 cm³/mol. The van der Waals surface area contributed by atoms with Crippen LogP contribution in [0.15, 0.2) is 30.3 Å². The highest BCUT2D eigenvalue weighted by Gasteiger charge is 2.18. The number of nitrogens with zero attached hydrogens (tertiary/aromatic N) is 1. The van der Waals surface area contributed by atoms with E-state index in [1.807, 2.05) is 19.9 Å². The van der Waals surface area contributed by atoms with Gasteiger partial charge in [-0.2, -0.15) is 0 Å². The minimum absolute atomic E-state index is 0.00610. The summed E-state index contributed by atoms with van der Waals surface area (Å²) < 4.78 is 25.0. The van der Waals surface area contributed by atoms with Gasteiger partial charge in [-0.05, 0) is 25.0 Å². The fourth-order valence-electron chi connectivity index (χ4n) is 2.17. The molecule has 1 aromatic carbocycles. The number of para-hydroxylation sites is 1. The molecule has 0 aliphatic rings. The van der Waals surface area contributed by atoms with Gasteiger partial charge in [0, 0.05) is 12.5 Å². The average molecular weight is 312 g/mol. The molecule has 0 fully saturated rings. The van der Waals surface area contributed by atoms with Gasteiger partial charge < -0.3 is 5.32 Å². The van der Waals surface area contributed by atoms with E-state index in [1.165, 1.54) is 10.6 Å². The molecule has 21 heavy (non-hydrogen) atoms. The van der Waals surface area contributed by atoms with Gasteiger partial charge in [-0.3, -0.25) is 9.10 Å². The van der Waals surface area contributed by atoms with E-state index >= 15 is 0 Å². The molecule has 0 atom stereocenters. The Morgan fingerprint density at radius 2 is 1.76 bits per heavy atom. The molecule has 0 aliphatic carbocycles. The third-order valence-electron chi connectivity index (χ3n) is 3.42. The molecule has 0 heterocycles. The molecule has 1 amide bonds. The summed E-state index contributed by atoms with van der Waals surface area (Å²) in [6, 6.07) is 8.89. The first-order valence-corrected chi connectivity index (χ1v) is 9.05. The molecule has 0 aliphatic heterocycles. The van der Waals surface area contributed by atoms with Crippen LogP contribution in [0.25, 0.3) is 0 Å². The summed E-state index contributed by atoms with van der Waals surface area (Å²) in [5.74, 6) is -0.0186. The number of carbonyl (C=O) groups is 1. The smallest absolute Gasteiger partial charge is 0.232 e. The molecule has 118 valence electrons. The van der Waals surface area contributed by atoms with Crippen LogP contribution in [0, 0.1) is 5.92 Å². The van der Waals surface area contributed by atoms with Gasteiger partial charge in [0.05, 0.1) is 18.5 Å². The maximum absolute atomic E-state index is 11.9. The van der Waals surface area contributed by atoms with Crippen LogP contribution in [0.1, 0.15) is 26.7 Å². The highest BCUT2D eigenvalue weighted by Crippen LogP contribution is 2.16. The predicted octanol–water partition coefficient (Wildman–Crippen LogP) is 2.00. The van der Waals surface area contributed by atoms with E-state index in [9.17, 15) is 13.2 Å². The molecule has 0 radical (unpaired) electrons. The van der Waals surface area contributed by atoms with Crippen LogP contribution < -0.4 is 9.62 Å². The number of hydrogen-bond acceptors (Lipinski definition) is 3. The minimum Gasteiger partial charge on any atom is -0.354 e. The van der Waals surface area contributed by atoms with Crippen molar-refractivity contribution in [2.75, 3.05) is 23.7 Å². The van der Waals surface area contributed by atoms with Gasteiger partial charge in [-0.25, -0.2) is 8.42 Å². The van der Waals surface area contributed by atoms with Crippen LogP contribution in [0.2, 0.25) is 0 Å². The van der Waals surface area contributed by atoms with Crippen molar-refractivity contribution in [2.45, 2.75) is 26.7 Å². The van der Waals surface area contributed by atoms with Crippen molar-refractivity contribution in [1.82, 2.24) is 5.32 Å². The Morgan fingerprint density at radius 3 is 2.24 bits per heavy atom. The Morgan fingerprint density at radius 1 is 1.19 bits per heavy atom. The van der Waals surface area contributed by atoms with Crippen molar-refractivity contribution < 1.29 is 13.2 Å². The number of anilines is 1. The number of hydrogen-bond donors (Lipinski definition) is 1. The fourth-order valence-corrected chi connectivity index (χ4v) is 3.09. The SMILES string of the molecule is CCC(CC)C(=O)NCCN(c1ccccc1)S(C)(=O)=O. The van der Waals surface area contributed by atoms with E-state index in [2.05, 4.69) is 5.32 Å². The first kappa shape index (κ1) is 17.5. The van der Waals surface area contributed by atoms with E-state index in [0.717, 1.165) is 12.8 Å². The van der Waals surface area contributed by atoms with Crippen LogP contribution in [0.5, 0.6) is 0 Å². The van der Waals surface area contributed by atoms with Crippen LogP contribution in [-0.4, -0.2) is 33.7 Å². The molecule has 0 unspecified atom stereocenters. The standard InChI is InChI=1S/C15H24N2O3S/c1-4-13(5-2)15(18)16-11-12-17(21(3,19)20)14-9-7-6-8-10-14/h6-10,13H,4-5,11-12H2,1-3H3,(H,16,18). The average Bonchev–Trinajstić information content (AvgIpc) is 2.44. The molecule has 1 rings (SSSR count). The van der Waals surface area contributed by atoms with E-state index < -0.39 is 10.0 Å². The van der Waals surface area contributed by atoms with Gasteiger partial charge in [-0.15, -0.1) is 0 Å². The monoisotopic (exact) mass is 312 g/mol. The highest BCUT2D eigenvalue weighted by molar-refractivity contribution is 7.92. The maximum Gasteiger partial charge on any atom is 0.232 e. The summed E-state index contributed by atoms with van der Waals surface area (Å²) in [4.78, 5) is 11.9. The lowest BCUT2D eigenvalue weighted by Gasteiger charge is -2.23. The van der Waals surface area contributed by atoms with Crippen molar-refractivity contribution in [3.63, 3.8) is 0 Å². The molecule has 1 aromatic rings. The lowest BCUT2D eigenvalue weighted by atomic mass is 10.0. The second kappa shape index (κ2) is 8.02. The summed E-state index contributed by atoms with van der Waals surface area (Å²) >= 11 is 0. The number of benzene rings is 1. The Bertz CT molecular complexity index is 539. The number of amides is 1. The summed E-state index contributed by atoms with van der Waals surface area (Å²) in [6.45, 7) is 4.48. The van der Waals surface area contributed by atoms with Gasteiger partial charge in [0.2, 0.25) is 15.9 Å². The first-order valence-electron chi connectivity index (χ1n) is 7.20. The molecule has 0 spiro atoms. The van der Waals surface area contributed by atoms with Gasteiger partial charge >= 0.3 is 0 Å². The number of nitrogens with one attached hydrogen (secondary N) is 1. The Kier molecular flexibility index (Phi) is 6.68. The molecule has 0 aromatic heterocycles. The lowest BCUT2D eigenvalue weighted by Crippen LogP contribution is -2.39. The lowest BCUT2D eigenvalue weighted by molar-refractivity contribution is -0.125. The number of carbonyl (C=O) groups excluding carboxylic acids is 1. The van der Waals surface area contributed by atoms with E-state index in [4.69, 9.17) is 0 Å².